The highest BCUT2D eigenvalue weighted by molar-refractivity contribution is 8.00. The summed E-state index contributed by atoms with van der Waals surface area (Å²) in [7, 11) is 1.49. The van der Waals surface area contributed by atoms with Gasteiger partial charge in [-0.05, 0) is 80.0 Å². The molecule has 1 aliphatic rings. The lowest BCUT2D eigenvalue weighted by molar-refractivity contribution is -0.119. The Bertz CT molecular complexity index is 948. The highest BCUT2D eigenvalue weighted by Gasteiger charge is 2.32. The number of piperidine rings is 1. The van der Waals surface area contributed by atoms with Crippen molar-refractivity contribution in [3.05, 3.63) is 54.1 Å². The van der Waals surface area contributed by atoms with Crippen LogP contribution in [0.4, 0.5) is 18.9 Å². The lowest BCUT2D eigenvalue weighted by Crippen LogP contribution is -2.43. The molecule has 0 atom stereocenters. The zero-order chi connectivity index (χ0) is 23.8. The first-order valence-electron chi connectivity index (χ1n) is 10.5. The van der Waals surface area contributed by atoms with Gasteiger partial charge < -0.3 is 15.4 Å². The maximum atomic E-state index is 13.3. The number of hydrogen-bond acceptors (Lipinski definition) is 5. The second-order valence-electron chi connectivity index (χ2n) is 7.63. The summed E-state index contributed by atoms with van der Waals surface area (Å²) in [6.45, 7) is 1.82. The number of rotatable bonds is 8. The van der Waals surface area contributed by atoms with Crippen molar-refractivity contribution in [3.63, 3.8) is 0 Å². The van der Waals surface area contributed by atoms with E-state index < -0.39 is 23.9 Å². The Hall–Kier alpha value is -2.72. The molecule has 0 aromatic heterocycles. The van der Waals surface area contributed by atoms with Crippen LogP contribution in [0.15, 0.2) is 53.4 Å². The van der Waals surface area contributed by atoms with E-state index in [1.807, 2.05) is 0 Å². The Morgan fingerprint density at radius 2 is 1.79 bits per heavy atom. The van der Waals surface area contributed by atoms with Crippen LogP contribution in [0.3, 0.4) is 0 Å². The summed E-state index contributed by atoms with van der Waals surface area (Å²) in [4.78, 5) is 27.0. The standard InChI is InChI=1S/C23H26F3N3O3S/c1-32-18-8-6-17(7-9-18)22(31)29(15-21(30)28-14-16-10-12-27-13-11-16)19-4-2-3-5-20(19)33-23(24,25)26/h2-9,16,27H,10-15H2,1H3,(H,28,30). The van der Waals surface area contributed by atoms with Crippen molar-refractivity contribution in [1.29, 1.82) is 0 Å². The van der Waals surface area contributed by atoms with Crippen LogP contribution in [0.1, 0.15) is 23.2 Å². The van der Waals surface area contributed by atoms with E-state index in [-0.39, 0.29) is 27.9 Å². The topological polar surface area (TPSA) is 70.7 Å². The van der Waals surface area contributed by atoms with Crippen LogP contribution in [0.25, 0.3) is 0 Å². The number of amides is 2. The van der Waals surface area contributed by atoms with Gasteiger partial charge in [-0.25, -0.2) is 0 Å². The lowest BCUT2D eigenvalue weighted by atomic mass is 9.98. The summed E-state index contributed by atoms with van der Waals surface area (Å²) in [5, 5.41) is 6.09. The zero-order valence-corrected chi connectivity index (χ0v) is 19.0. The molecule has 0 unspecified atom stereocenters. The summed E-state index contributed by atoms with van der Waals surface area (Å²) in [5.41, 5.74) is -4.28. The number of carbonyl (C=O) groups is 2. The Labute approximate surface area is 194 Å². The van der Waals surface area contributed by atoms with E-state index >= 15 is 0 Å². The van der Waals surface area contributed by atoms with Gasteiger partial charge in [-0.1, -0.05) is 12.1 Å². The van der Waals surface area contributed by atoms with Gasteiger partial charge in [0, 0.05) is 17.0 Å². The van der Waals surface area contributed by atoms with Crippen LogP contribution in [-0.2, 0) is 4.79 Å². The molecule has 10 heteroatoms. The van der Waals surface area contributed by atoms with Gasteiger partial charge in [-0.15, -0.1) is 0 Å². The Morgan fingerprint density at radius 3 is 2.42 bits per heavy atom. The SMILES string of the molecule is COc1ccc(C(=O)N(CC(=O)NCC2CCNCC2)c2ccccc2SC(F)(F)F)cc1. The van der Waals surface area contributed by atoms with E-state index in [0.717, 1.165) is 30.8 Å². The van der Waals surface area contributed by atoms with Gasteiger partial charge in [0.25, 0.3) is 5.91 Å². The number of benzene rings is 2. The molecule has 2 amide bonds. The summed E-state index contributed by atoms with van der Waals surface area (Å²) in [6.07, 6.45) is 1.86. The van der Waals surface area contributed by atoms with Crippen molar-refractivity contribution in [2.24, 2.45) is 5.92 Å². The van der Waals surface area contributed by atoms with E-state index in [2.05, 4.69) is 10.6 Å². The third-order valence-electron chi connectivity index (χ3n) is 5.31. The van der Waals surface area contributed by atoms with Crippen molar-refractivity contribution in [3.8, 4) is 5.75 Å². The molecular weight excluding hydrogens is 455 g/mol. The first-order chi connectivity index (χ1) is 15.8. The largest absolute Gasteiger partial charge is 0.497 e. The molecule has 1 fully saturated rings. The number of carbonyl (C=O) groups excluding carboxylic acids is 2. The Kier molecular flexibility index (Phi) is 8.62. The number of hydrogen-bond donors (Lipinski definition) is 2. The minimum Gasteiger partial charge on any atom is -0.497 e. The number of methoxy groups -OCH3 is 1. The minimum absolute atomic E-state index is 0.0256. The monoisotopic (exact) mass is 481 g/mol. The second-order valence-corrected chi connectivity index (χ2v) is 8.74. The second kappa shape index (κ2) is 11.4. The smallest absolute Gasteiger partial charge is 0.446 e. The molecule has 1 heterocycles. The minimum atomic E-state index is -4.54. The first-order valence-corrected chi connectivity index (χ1v) is 11.4. The van der Waals surface area contributed by atoms with Gasteiger partial charge >= 0.3 is 5.51 Å². The van der Waals surface area contributed by atoms with Crippen LogP contribution in [0.2, 0.25) is 0 Å². The van der Waals surface area contributed by atoms with Gasteiger partial charge in [0.1, 0.15) is 12.3 Å². The zero-order valence-electron chi connectivity index (χ0n) is 18.2. The molecule has 0 saturated carbocycles. The van der Waals surface area contributed by atoms with E-state index in [1.165, 1.54) is 43.5 Å². The molecule has 3 rings (SSSR count). The summed E-state index contributed by atoms with van der Waals surface area (Å²) in [5.74, 6) is -0.146. The van der Waals surface area contributed by atoms with Gasteiger partial charge in [0.2, 0.25) is 5.91 Å². The maximum Gasteiger partial charge on any atom is 0.446 e. The molecule has 0 radical (unpaired) electrons. The molecule has 2 N–H and O–H groups in total. The molecule has 2 aromatic rings. The summed E-state index contributed by atoms with van der Waals surface area (Å²) < 4.78 is 44.5. The summed E-state index contributed by atoms with van der Waals surface area (Å²) >= 11 is -0.315. The number of ether oxygens (including phenoxy) is 1. The van der Waals surface area contributed by atoms with Gasteiger partial charge in [-0.3, -0.25) is 14.5 Å². The molecular formula is C23H26F3N3O3S. The van der Waals surface area contributed by atoms with E-state index in [4.69, 9.17) is 4.74 Å². The molecule has 0 spiro atoms. The third-order valence-corrected chi connectivity index (χ3v) is 6.11. The molecule has 0 aliphatic carbocycles. The molecule has 178 valence electrons. The first kappa shape index (κ1) is 24.9. The quantitative estimate of drug-likeness (QED) is 0.557. The summed E-state index contributed by atoms with van der Waals surface area (Å²) in [6, 6.07) is 11.9. The molecule has 1 saturated heterocycles. The van der Waals surface area contributed by atoms with Crippen LogP contribution in [0.5, 0.6) is 5.75 Å². The predicted octanol–water partition coefficient (Wildman–Crippen LogP) is 4.07. The highest BCUT2D eigenvalue weighted by Crippen LogP contribution is 2.41. The van der Waals surface area contributed by atoms with Crippen molar-refractivity contribution in [2.45, 2.75) is 23.2 Å². The van der Waals surface area contributed by atoms with Crippen molar-refractivity contribution in [2.75, 3.05) is 38.2 Å². The maximum absolute atomic E-state index is 13.3. The highest BCUT2D eigenvalue weighted by atomic mass is 32.2. The van der Waals surface area contributed by atoms with Crippen LogP contribution >= 0.6 is 11.8 Å². The molecule has 2 aromatic carbocycles. The number of nitrogens with zero attached hydrogens (tertiary/aromatic N) is 1. The fourth-order valence-electron chi connectivity index (χ4n) is 3.59. The average Bonchev–Trinajstić information content (AvgIpc) is 2.81. The number of thioether (sulfide) groups is 1. The molecule has 33 heavy (non-hydrogen) atoms. The lowest BCUT2D eigenvalue weighted by Gasteiger charge is -2.26. The molecule has 0 bridgehead atoms. The average molecular weight is 482 g/mol. The van der Waals surface area contributed by atoms with Crippen LogP contribution < -0.4 is 20.3 Å². The number of alkyl halides is 3. The molecule has 1 aliphatic heterocycles. The van der Waals surface area contributed by atoms with Crippen LogP contribution in [-0.4, -0.2) is 50.6 Å². The predicted molar refractivity (Wildman–Crippen MR) is 122 cm³/mol. The number of para-hydroxylation sites is 1. The molecule has 6 nitrogen and oxygen atoms in total. The van der Waals surface area contributed by atoms with E-state index in [0.29, 0.717) is 18.2 Å². The van der Waals surface area contributed by atoms with Crippen molar-refractivity contribution < 1.29 is 27.5 Å². The van der Waals surface area contributed by atoms with Gasteiger partial charge in [0.05, 0.1) is 12.8 Å². The van der Waals surface area contributed by atoms with Crippen LogP contribution in [0, 0.1) is 5.92 Å². The fourth-order valence-corrected chi connectivity index (χ4v) is 4.27. The number of anilines is 1. The third kappa shape index (κ3) is 7.40. The van der Waals surface area contributed by atoms with Gasteiger partial charge in [0.15, 0.2) is 0 Å². The Balaban J connectivity index is 1.84. The number of nitrogens with one attached hydrogen (secondary N) is 2. The van der Waals surface area contributed by atoms with E-state index in [9.17, 15) is 22.8 Å². The van der Waals surface area contributed by atoms with Crippen molar-refractivity contribution >= 4 is 29.3 Å². The van der Waals surface area contributed by atoms with E-state index in [1.54, 1.807) is 12.1 Å². The number of halogens is 3. The Morgan fingerprint density at radius 1 is 1.12 bits per heavy atom. The van der Waals surface area contributed by atoms with Crippen molar-refractivity contribution in [1.82, 2.24) is 10.6 Å². The normalized spacial score (nSPS) is 14.5. The fraction of sp³-hybridized carbons (Fsp3) is 0.391. The van der Waals surface area contributed by atoms with Gasteiger partial charge in [-0.2, -0.15) is 13.2 Å².